The average Bonchev–Trinajstić information content (AvgIpc) is 3.30. The van der Waals surface area contributed by atoms with E-state index >= 15 is 0 Å². The van der Waals surface area contributed by atoms with E-state index in [1.807, 2.05) is 42.5 Å². The molecule has 3 aromatic rings. The van der Waals surface area contributed by atoms with E-state index in [1.54, 1.807) is 0 Å². The molecule has 168 valence electrons. The third-order valence-electron chi connectivity index (χ3n) is 6.09. The number of anilines is 1. The summed E-state index contributed by atoms with van der Waals surface area (Å²) < 4.78 is 5.96. The van der Waals surface area contributed by atoms with Crippen molar-refractivity contribution in [2.45, 2.75) is 33.2 Å². The van der Waals surface area contributed by atoms with Crippen LogP contribution in [0, 0.1) is 6.92 Å². The maximum Gasteiger partial charge on any atom is 0.247 e. The molecule has 1 aliphatic rings. The number of hydrogen-bond donors (Lipinski definition) is 1. The Bertz CT molecular complexity index is 1040. The lowest BCUT2D eigenvalue weighted by atomic mass is 10.1. The third kappa shape index (κ3) is 5.23. The van der Waals surface area contributed by atoms with Crippen molar-refractivity contribution < 1.29 is 9.21 Å². The molecule has 1 fully saturated rings. The molecule has 0 bridgehead atoms. The van der Waals surface area contributed by atoms with Gasteiger partial charge in [0.05, 0.1) is 12.6 Å². The number of amides is 1. The zero-order chi connectivity index (χ0) is 22.5. The van der Waals surface area contributed by atoms with Gasteiger partial charge in [-0.25, -0.2) is 0 Å². The minimum Gasteiger partial charge on any atom is -0.419 e. The lowest BCUT2D eigenvalue weighted by Gasteiger charge is -2.36. The maximum atomic E-state index is 12.5. The fourth-order valence-corrected chi connectivity index (χ4v) is 4.02. The second-order valence-corrected chi connectivity index (χ2v) is 8.36. The summed E-state index contributed by atoms with van der Waals surface area (Å²) in [5.41, 5.74) is 4.20. The first-order valence-electron chi connectivity index (χ1n) is 11.3. The number of hydrogen-bond acceptors (Lipinski definition) is 6. The van der Waals surface area contributed by atoms with Crippen molar-refractivity contribution >= 4 is 11.6 Å². The summed E-state index contributed by atoms with van der Waals surface area (Å²) in [4.78, 5) is 17.1. The number of aryl methyl sites for hydroxylation is 2. The highest BCUT2D eigenvalue weighted by Gasteiger charge is 2.26. The summed E-state index contributed by atoms with van der Waals surface area (Å²) in [5, 5.41) is 11.6. The maximum absolute atomic E-state index is 12.5. The fourth-order valence-electron chi connectivity index (χ4n) is 4.02. The molecule has 1 atom stereocenters. The Labute approximate surface area is 189 Å². The standard InChI is InChI=1S/C25H31N5O2/c1-4-20-7-5-6-8-22(20)26-23(31)17-29-13-15-30(16-14-29)19(3)24-27-28-25(32-24)21-11-9-18(2)10-12-21/h5-12,19H,4,13-17H2,1-3H3,(H,26,31)/t19-/m1/s1. The molecule has 4 rings (SSSR count). The smallest absolute Gasteiger partial charge is 0.247 e. The van der Waals surface area contributed by atoms with Crippen LogP contribution in [0.15, 0.2) is 52.9 Å². The van der Waals surface area contributed by atoms with Crippen LogP contribution in [0.1, 0.15) is 36.9 Å². The Hall–Kier alpha value is -3.03. The van der Waals surface area contributed by atoms with Gasteiger partial charge in [0.1, 0.15) is 0 Å². The number of benzene rings is 2. The van der Waals surface area contributed by atoms with Crippen molar-refractivity contribution in [3.05, 3.63) is 65.5 Å². The quantitative estimate of drug-likeness (QED) is 0.609. The molecular weight excluding hydrogens is 402 g/mol. The first-order chi connectivity index (χ1) is 15.5. The molecule has 0 spiro atoms. The van der Waals surface area contributed by atoms with Gasteiger partial charge in [-0.1, -0.05) is 42.8 Å². The van der Waals surface area contributed by atoms with Crippen LogP contribution in [0.5, 0.6) is 0 Å². The Balaban J connectivity index is 1.29. The number of rotatable bonds is 7. The van der Waals surface area contributed by atoms with Crippen LogP contribution in [0.3, 0.4) is 0 Å². The number of piperazine rings is 1. The molecule has 0 aliphatic carbocycles. The normalized spacial score (nSPS) is 16.1. The van der Waals surface area contributed by atoms with E-state index in [2.05, 4.69) is 52.2 Å². The Morgan fingerprint density at radius 3 is 2.50 bits per heavy atom. The molecule has 1 aliphatic heterocycles. The highest BCUT2D eigenvalue weighted by atomic mass is 16.4. The highest BCUT2D eigenvalue weighted by Crippen LogP contribution is 2.25. The van der Waals surface area contributed by atoms with Crippen LogP contribution in [0.25, 0.3) is 11.5 Å². The van der Waals surface area contributed by atoms with Crippen molar-refractivity contribution in [2.24, 2.45) is 0 Å². The van der Waals surface area contributed by atoms with Crippen molar-refractivity contribution in [1.29, 1.82) is 0 Å². The average molecular weight is 434 g/mol. The molecule has 2 aromatic carbocycles. The van der Waals surface area contributed by atoms with Crippen molar-refractivity contribution in [3.63, 3.8) is 0 Å². The van der Waals surface area contributed by atoms with Gasteiger partial charge < -0.3 is 9.73 Å². The van der Waals surface area contributed by atoms with Gasteiger partial charge in [-0.2, -0.15) is 0 Å². The molecule has 7 heteroatoms. The lowest BCUT2D eigenvalue weighted by Crippen LogP contribution is -2.49. The van der Waals surface area contributed by atoms with Crippen LogP contribution in [0.2, 0.25) is 0 Å². The monoisotopic (exact) mass is 433 g/mol. The molecule has 1 amide bonds. The zero-order valence-electron chi connectivity index (χ0n) is 19.0. The van der Waals surface area contributed by atoms with E-state index in [0.717, 1.165) is 49.4 Å². The summed E-state index contributed by atoms with van der Waals surface area (Å²) >= 11 is 0. The molecule has 7 nitrogen and oxygen atoms in total. The van der Waals surface area contributed by atoms with Crippen LogP contribution < -0.4 is 5.32 Å². The lowest BCUT2D eigenvalue weighted by molar-refractivity contribution is -0.117. The minimum absolute atomic E-state index is 0.0343. The van der Waals surface area contributed by atoms with E-state index in [4.69, 9.17) is 4.42 Å². The first kappa shape index (κ1) is 22.2. The van der Waals surface area contributed by atoms with Gasteiger partial charge >= 0.3 is 0 Å². The fraction of sp³-hybridized carbons (Fsp3) is 0.400. The summed E-state index contributed by atoms with van der Waals surface area (Å²) in [7, 11) is 0. The summed E-state index contributed by atoms with van der Waals surface area (Å²) in [6.07, 6.45) is 0.897. The van der Waals surface area contributed by atoms with Gasteiger partial charge in [0.25, 0.3) is 0 Å². The van der Waals surface area contributed by atoms with Gasteiger partial charge in [-0.15, -0.1) is 10.2 Å². The summed E-state index contributed by atoms with van der Waals surface area (Å²) in [5.74, 6) is 1.21. The molecule has 1 N–H and O–H groups in total. The minimum atomic E-state index is 0.0343. The predicted octanol–water partition coefficient (Wildman–Crippen LogP) is 3.92. The van der Waals surface area contributed by atoms with Crippen LogP contribution >= 0.6 is 0 Å². The van der Waals surface area contributed by atoms with E-state index in [9.17, 15) is 4.79 Å². The molecule has 0 saturated carbocycles. The van der Waals surface area contributed by atoms with E-state index in [-0.39, 0.29) is 11.9 Å². The molecule has 1 aromatic heterocycles. The van der Waals surface area contributed by atoms with Gasteiger partial charge in [0.15, 0.2) is 0 Å². The van der Waals surface area contributed by atoms with Gasteiger partial charge in [0.2, 0.25) is 17.7 Å². The number of nitrogens with one attached hydrogen (secondary N) is 1. The number of carbonyl (C=O) groups excluding carboxylic acids is 1. The highest BCUT2D eigenvalue weighted by molar-refractivity contribution is 5.93. The Morgan fingerprint density at radius 1 is 1.06 bits per heavy atom. The number of nitrogens with zero attached hydrogens (tertiary/aromatic N) is 4. The van der Waals surface area contributed by atoms with Gasteiger partial charge in [-0.05, 0) is 44.0 Å². The van der Waals surface area contributed by atoms with Crippen LogP contribution in [-0.2, 0) is 11.2 Å². The number of aromatic nitrogens is 2. The van der Waals surface area contributed by atoms with Crippen LogP contribution in [0.4, 0.5) is 5.69 Å². The van der Waals surface area contributed by atoms with E-state index in [1.165, 1.54) is 5.56 Å². The van der Waals surface area contributed by atoms with Gasteiger partial charge in [0, 0.05) is 37.4 Å². The second kappa shape index (κ2) is 10.1. The van der Waals surface area contributed by atoms with Crippen molar-refractivity contribution in [2.75, 3.05) is 38.0 Å². The predicted molar refractivity (Wildman–Crippen MR) is 125 cm³/mol. The Morgan fingerprint density at radius 2 is 1.78 bits per heavy atom. The second-order valence-electron chi connectivity index (χ2n) is 8.36. The molecule has 1 saturated heterocycles. The molecule has 0 radical (unpaired) electrons. The van der Waals surface area contributed by atoms with Crippen molar-refractivity contribution in [1.82, 2.24) is 20.0 Å². The van der Waals surface area contributed by atoms with E-state index in [0.29, 0.717) is 18.3 Å². The van der Waals surface area contributed by atoms with Gasteiger partial charge in [-0.3, -0.25) is 14.6 Å². The third-order valence-corrected chi connectivity index (χ3v) is 6.09. The first-order valence-corrected chi connectivity index (χ1v) is 11.3. The topological polar surface area (TPSA) is 74.5 Å². The SMILES string of the molecule is CCc1ccccc1NC(=O)CN1CCN([C@H](C)c2nnc(-c3ccc(C)cc3)o2)CC1. The Kier molecular flexibility index (Phi) is 6.97. The van der Waals surface area contributed by atoms with Crippen LogP contribution in [-0.4, -0.2) is 58.6 Å². The largest absolute Gasteiger partial charge is 0.419 e. The van der Waals surface area contributed by atoms with E-state index < -0.39 is 0 Å². The molecule has 32 heavy (non-hydrogen) atoms. The van der Waals surface area contributed by atoms with Crippen molar-refractivity contribution in [3.8, 4) is 11.5 Å². The summed E-state index contributed by atoms with van der Waals surface area (Å²) in [6, 6.07) is 16.1. The number of para-hydroxylation sites is 1. The zero-order valence-corrected chi connectivity index (χ0v) is 19.0. The number of carbonyl (C=O) groups is 1. The molecular formula is C25H31N5O2. The molecule has 2 heterocycles. The molecule has 0 unspecified atom stereocenters. The summed E-state index contributed by atoms with van der Waals surface area (Å²) in [6.45, 7) is 9.99.